The van der Waals surface area contributed by atoms with Crippen LogP contribution in [0.5, 0.6) is 0 Å². The highest BCUT2D eigenvalue weighted by molar-refractivity contribution is 5.98. The van der Waals surface area contributed by atoms with Crippen molar-refractivity contribution in [2.24, 2.45) is 4.99 Å². The molecule has 0 saturated carbocycles. The summed E-state index contributed by atoms with van der Waals surface area (Å²) in [6, 6.07) is 9.55. The fourth-order valence-corrected chi connectivity index (χ4v) is 2.27. The summed E-state index contributed by atoms with van der Waals surface area (Å²) in [7, 11) is 1.69. The van der Waals surface area contributed by atoms with Crippen molar-refractivity contribution >= 4 is 23.0 Å². The van der Waals surface area contributed by atoms with E-state index in [1.54, 1.807) is 31.9 Å². The molecule has 3 rings (SSSR count). The van der Waals surface area contributed by atoms with E-state index in [1.165, 1.54) is 0 Å². The maximum absolute atomic E-state index is 12.0. The van der Waals surface area contributed by atoms with Crippen molar-refractivity contribution in [3.63, 3.8) is 0 Å². The quantitative estimate of drug-likeness (QED) is 0.516. The van der Waals surface area contributed by atoms with Crippen LogP contribution in [0, 0.1) is 0 Å². The van der Waals surface area contributed by atoms with Crippen LogP contribution in [0.1, 0.15) is 23.4 Å². The maximum atomic E-state index is 12.0. The number of fused-ring (bicyclic) bond motifs is 1. The van der Waals surface area contributed by atoms with Gasteiger partial charge in [-0.2, -0.15) is 0 Å². The van der Waals surface area contributed by atoms with E-state index in [1.807, 2.05) is 24.3 Å². The summed E-state index contributed by atoms with van der Waals surface area (Å²) < 4.78 is 10.9. The molecule has 3 aromatic rings. The lowest BCUT2D eigenvalue weighted by molar-refractivity contribution is 0.0958. The van der Waals surface area contributed by atoms with Gasteiger partial charge in [0.05, 0.1) is 12.5 Å². The number of carbonyl (C=O) groups is 1. The SMILES string of the molecule is CN=CCCC(=O)c1cc(-c2coc3ccccc23)co1. The zero-order valence-electron chi connectivity index (χ0n) is 11.7. The van der Waals surface area contributed by atoms with E-state index in [2.05, 4.69) is 4.99 Å². The highest BCUT2D eigenvalue weighted by Crippen LogP contribution is 2.31. The smallest absolute Gasteiger partial charge is 0.198 e. The molecule has 4 nitrogen and oxygen atoms in total. The lowest BCUT2D eigenvalue weighted by Gasteiger charge is -1.92. The predicted octanol–water partition coefficient (Wildman–Crippen LogP) is 4.36. The van der Waals surface area contributed by atoms with Crippen molar-refractivity contribution in [3.8, 4) is 11.1 Å². The number of Topliss-reactive ketones (excluding diaryl/α,β-unsaturated/α-hetero) is 1. The second kappa shape index (κ2) is 5.79. The fraction of sp³-hybridized carbons (Fsp3) is 0.176. The van der Waals surface area contributed by atoms with Gasteiger partial charge in [0.2, 0.25) is 0 Å². The Kier molecular flexibility index (Phi) is 3.69. The highest BCUT2D eigenvalue weighted by Gasteiger charge is 2.14. The third-order valence-electron chi connectivity index (χ3n) is 3.35. The van der Waals surface area contributed by atoms with E-state index in [4.69, 9.17) is 8.83 Å². The van der Waals surface area contributed by atoms with Crippen LogP contribution >= 0.6 is 0 Å². The first-order chi connectivity index (χ1) is 10.3. The monoisotopic (exact) mass is 281 g/mol. The molecule has 0 saturated heterocycles. The predicted molar refractivity (Wildman–Crippen MR) is 81.9 cm³/mol. The number of rotatable bonds is 5. The topological polar surface area (TPSA) is 55.7 Å². The number of ketones is 1. The lowest BCUT2D eigenvalue weighted by atomic mass is 10.1. The first-order valence-electron chi connectivity index (χ1n) is 6.78. The first kappa shape index (κ1) is 13.4. The molecule has 0 amide bonds. The van der Waals surface area contributed by atoms with Crippen molar-refractivity contribution in [1.29, 1.82) is 0 Å². The van der Waals surface area contributed by atoms with Crippen LogP contribution in [0.15, 0.2) is 56.7 Å². The summed E-state index contributed by atoms with van der Waals surface area (Å²) in [5.41, 5.74) is 2.61. The maximum Gasteiger partial charge on any atom is 0.198 e. The van der Waals surface area contributed by atoms with E-state index in [0.717, 1.165) is 22.1 Å². The third kappa shape index (κ3) is 2.65. The summed E-state index contributed by atoms with van der Waals surface area (Å²) >= 11 is 0. The number of nitrogens with zero attached hydrogens (tertiary/aromatic N) is 1. The first-order valence-corrected chi connectivity index (χ1v) is 6.78. The second-order valence-electron chi connectivity index (χ2n) is 4.75. The van der Waals surface area contributed by atoms with Crippen LogP contribution in [0.25, 0.3) is 22.1 Å². The molecule has 0 atom stereocenters. The van der Waals surface area contributed by atoms with Crippen LogP contribution in [-0.2, 0) is 0 Å². The molecule has 106 valence electrons. The molecule has 21 heavy (non-hydrogen) atoms. The summed E-state index contributed by atoms with van der Waals surface area (Å²) in [5.74, 6) is 0.355. The molecule has 4 heteroatoms. The molecular weight excluding hydrogens is 266 g/mol. The number of para-hydroxylation sites is 1. The normalized spacial score (nSPS) is 11.5. The van der Waals surface area contributed by atoms with E-state index < -0.39 is 0 Å². The van der Waals surface area contributed by atoms with Crippen LogP contribution in [0.3, 0.4) is 0 Å². The van der Waals surface area contributed by atoms with Gasteiger partial charge in [0, 0.05) is 30.0 Å². The summed E-state index contributed by atoms with van der Waals surface area (Å²) in [4.78, 5) is 15.8. The van der Waals surface area contributed by atoms with Gasteiger partial charge >= 0.3 is 0 Å². The average Bonchev–Trinajstić information content (AvgIpc) is 3.13. The Morgan fingerprint density at radius 3 is 2.95 bits per heavy atom. The highest BCUT2D eigenvalue weighted by atomic mass is 16.3. The lowest BCUT2D eigenvalue weighted by Crippen LogP contribution is -1.96. The largest absolute Gasteiger partial charge is 0.464 e. The number of hydrogen-bond acceptors (Lipinski definition) is 4. The Morgan fingerprint density at radius 1 is 1.24 bits per heavy atom. The fourth-order valence-electron chi connectivity index (χ4n) is 2.27. The van der Waals surface area contributed by atoms with Gasteiger partial charge in [0.25, 0.3) is 0 Å². The Morgan fingerprint density at radius 2 is 2.10 bits per heavy atom. The summed E-state index contributed by atoms with van der Waals surface area (Å²) in [5, 5.41) is 1.01. The zero-order chi connectivity index (χ0) is 14.7. The van der Waals surface area contributed by atoms with Gasteiger partial charge < -0.3 is 13.8 Å². The van der Waals surface area contributed by atoms with Crippen molar-refractivity contribution in [1.82, 2.24) is 0 Å². The summed E-state index contributed by atoms with van der Waals surface area (Å²) in [6.07, 6.45) is 6.04. The van der Waals surface area contributed by atoms with Crippen molar-refractivity contribution in [3.05, 3.63) is 48.6 Å². The van der Waals surface area contributed by atoms with Crippen LogP contribution < -0.4 is 0 Å². The minimum absolute atomic E-state index is 0.0195. The number of aliphatic imine (C=N–C) groups is 1. The molecular formula is C17H15NO3. The Bertz CT molecular complexity index is 795. The van der Waals surface area contributed by atoms with E-state index in [0.29, 0.717) is 18.6 Å². The number of benzene rings is 1. The molecule has 0 spiro atoms. The van der Waals surface area contributed by atoms with Gasteiger partial charge in [-0.3, -0.25) is 4.79 Å². The van der Waals surface area contributed by atoms with E-state index in [-0.39, 0.29) is 5.78 Å². The van der Waals surface area contributed by atoms with E-state index >= 15 is 0 Å². The minimum Gasteiger partial charge on any atom is -0.464 e. The van der Waals surface area contributed by atoms with Gasteiger partial charge in [-0.15, -0.1) is 0 Å². The molecule has 2 heterocycles. The van der Waals surface area contributed by atoms with Crippen LogP contribution in [-0.4, -0.2) is 19.0 Å². The van der Waals surface area contributed by atoms with Crippen LogP contribution in [0.2, 0.25) is 0 Å². The van der Waals surface area contributed by atoms with Crippen molar-refractivity contribution in [2.45, 2.75) is 12.8 Å². The summed E-state index contributed by atoms with van der Waals surface area (Å²) in [6.45, 7) is 0. The Balaban J connectivity index is 1.86. The molecule has 1 aromatic carbocycles. The van der Waals surface area contributed by atoms with E-state index in [9.17, 15) is 4.79 Å². The average molecular weight is 281 g/mol. The standard InChI is InChI=1S/C17H15NO3/c1-18-8-4-6-15(19)17-9-12(10-20-17)14-11-21-16-7-3-2-5-13(14)16/h2-3,5,7-11H,4,6H2,1H3. The number of furan rings is 2. The van der Waals surface area contributed by atoms with Crippen LogP contribution in [0.4, 0.5) is 0 Å². The molecule has 0 N–H and O–H groups in total. The van der Waals surface area contributed by atoms with Crippen molar-refractivity contribution in [2.75, 3.05) is 7.05 Å². The second-order valence-corrected chi connectivity index (χ2v) is 4.75. The Hall–Kier alpha value is -2.62. The third-order valence-corrected chi connectivity index (χ3v) is 3.35. The van der Waals surface area contributed by atoms with Gasteiger partial charge in [-0.1, -0.05) is 18.2 Å². The molecule has 0 radical (unpaired) electrons. The van der Waals surface area contributed by atoms with Gasteiger partial charge in [-0.25, -0.2) is 0 Å². The zero-order valence-corrected chi connectivity index (χ0v) is 11.7. The molecule has 2 aromatic heterocycles. The molecule has 0 aliphatic rings. The minimum atomic E-state index is -0.0195. The molecule has 0 fully saturated rings. The molecule has 0 bridgehead atoms. The molecule has 0 unspecified atom stereocenters. The van der Waals surface area contributed by atoms with Gasteiger partial charge in [0.1, 0.15) is 5.58 Å². The van der Waals surface area contributed by atoms with Gasteiger partial charge in [0.15, 0.2) is 11.5 Å². The number of carbonyl (C=O) groups excluding carboxylic acids is 1. The van der Waals surface area contributed by atoms with Crippen molar-refractivity contribution < 1.29 is 13.6 Å². The molecule has 0 aliphatic carbocycles. The molecule has 0 aliphatic heterocycles. The van der Waals surface area contributed by atoms with Gasteiger partial charge in [-0.05, 0) is 24.8 Å². The number of hydrogen-bond donors (Lipinski definition) is 0. The Labute approximate surface area is 122 Å².